The zero-order valence-corrected chi connectivity index (χ0v) is 22.0. The van der Waals surface area contributed by atoms with E-state index >= 15 is 0 Å². The molecule has 5 nitrogen and oxygen atoms in total. The molecule has 3 aromatic carbocycles. The Morgan fingerprint density at radius 3 is 1.77 bits per heavy atom. The molecular formula is C30H38O5. The minimum Gasteiger partial charge on any atom is -0.462 e. The maximum absolute atomic E-state index is 13.1. The molecule has 1 N–H and O–H groups in total. The second-order valence-electron chi connectivity index (χ2n) is 11.9. The summed E-state index contributed by atoms with van der Waals surface area (Å²) in [5, 5.41) is 13.9. The van der Waals surface area contributed by atoms with E-state index in [9.17, 15) is 14.7 Å². The van der Waals surface area contributed by atoms with E-state index in [1.54, 1.807) is 0 Å². The molecule has 3 rings (SSSR count). The van der Waals surface area contributed by atoms with Gasteiger partial charge < -0.3 is 14.6 Å². The Morgan fingerprint density at radius 2 is 1.29 bits per heavy atom. The van der Waals surface area contributed by atoms with Gasteiger partial charge in [-0.15, -0.1) is 0 Å². The Hall–Kier alpha value is -2.92. The van der Waals surface area contributed by atoms with Crippen LogP contribution in [0.5, 0.6) is 0 Å². The number of rotatable bonds is 7. The summed E-state index contributed by atoms with van der Waals surface area (Å²) in [5.41, 5.74) is -0.669. The molecule has 0 aliphatic carbocycles. The second-order valence-corrected chi connectivity index (χ2v) is 11.9. The number of aliphatic hydroxyl groups is 1. The fourth-order valence-corrected chi connectivity index (χ4v) is 4.56. The van der Waals surface area contributed by atoms with Crippen molar-refractivity contribution in [3.05, 3.63) is 60.2 Å². The average Bonchev–Trinajstić information content (AvgIpc) is 2.77. The smallest absolute Gasteiger partial charge is 0.339 e. The Balaban J connectivity index is 1.70. The zero-order chi connectivity index (χ0) is 26.0. The molecule has 188 valence electrons. The fourth-order valence-electron chi connectivity index (χ4n) is 4.56. The molecule has 0 aromatic heterocycles. The summed E-state index contributed by atoms with van der Waals surface area (Å²) in [6.45, 7) is 13.7. The van der Waals surface area contributed by atoms with Crippen LogP contribution in [-0.2, 0) is 14.3 Å². The van der Waals surface area contributed by atoms with E-state index in [-0.39, 0.29) is 30.0 Å². The molecule has 0 heterocycles. The monoisotopic (exact) mass is 478 g/mol. The van der Waals surface area contributed by atoms with Gasteiger partial charge in [-0.1, -0.05) is 90.1 Å². The van der Waals surface area contributed by atoms with Crippen molar-refractivity contribution in [1.29, 1.82) is 0 Å². The van der Waals surface area contributed by atoms with Crippen LogP contribution in [0.2, 0.25) is 0 Å². The number of aliphatic hydroxyl groups excluding tert-OH is 1. The molecule has 0 aliphatic rings. The number of fused-ring (bicyclic) bond motifs is 2. The van der Waals surface area contributed by atoms with E-state index < -0.39 is 17.5 Å². The lowest BCUT2D eigenvalue weighted by molar-refractivity contribution is -0.168. The highest BCUT2D eigenvalue weighted by molar-refractivity contribution is 6.16. The fraction of sp³-hybridized carbons (Fsp3) is 0.467. The number of carbonyl (C=O) groups is 2. The maximum Gasteiger partial charge on any atom is 0.339 e. The first-order valence-electron chi connectivity index (χ1n) is 12.2. The van der Waals surface area contributed by atoms with E-state index in [2.05, 4.69) is 20.8 Å². The van der Waals surface area contributed by atoms with Gasteiger partial charge in [-0.2, -0.15) is 0 Å². The van der Waals surface area contributed by atoms with Crippen LogP contribution in [0.1, 0.15) is 65.2 Å². The van der Waals surface area contributed by atoms with Crippen LogP contribution in [0.15, 0.2) is 54.6 Å². The van der Waals surface area contributed by atoms with Crippen molar-refractivity contribution in [3.8, 4) is 0 Å². The molecular weight excluding hydrogens is 440 g/mol. The quantitative estimate of drug-likeness (QED) is 0.308. The Bertz CT molecular complexity index is 1160. The molecule has 0 fully saturated rings. The SMILES string of the molecule is CC(C)(C)CC(C)(C(=O)OCC(O)COC(=O)c1c2ccccc2cc2ccccc12)C(C)(C)C. The van der Waals surface area contributed by atoms with Crippen molar-refractivity contribution in [2.45, 2.75) is 61.0 Å². The number of carbonyl (C=O) groups excluding carboxylic acids is 2. The topological polar surface area (TPSA) is 72.8 Å². The molecule has 2 unspecified atom stereocenters. The van der Waals surface area contributed by atoms with Crippen LogP contribution < -0.4 is 0 Å². The molecule has 0 saturated carbocycles. The lowest BCUT2D eigenvalue weighted by Crippen LogP contribution is -2.45. The predicted octanol–water partition coefficient (Wildman–Crippen LogP) is 6.54. The number of ether oxygens (including phenoxy) is 2. The highest BCUT2D eigenvalue weighted by Gasteiger charge is 2.47. The standard InChI is InChI=1S/C30H38O5/c1-28(2,3)19-30(7,29(4,5)6)27(33)35-18-22(31)17-34-26(32)25-23-14-10-8-12-20(23)16-21-13-9-11-15-24(21)25/h8-16,22,31H,17-19H2,1-7H3. The summed E-state index contributed by atoms with van der Waals surface area (Å²) in [6, 6.07) is 17.3. The van der Waals surface area contributed by atoms with Gasteiger partial charge in [0.15, 0.2) is 0 Å². The van der Waals surface area contributed by atoms with Gasteiger partial charge in [0.2, 0.25) is 0 Å². The molecule has 0 aliphatic heterocycles. The summed E-state index contributed by atoms with van der Waals surface area (Å²) < 4.78 is 11.0. The minimum atomic E-state index is -1.12. The molecule has 2 atom stereocenters. The van der Waals surface area contributed by atoms with E-state index in [1.807, 2.05) is 82.3 Å². The third-order valence-corrected chi connectivity index (χ3v) is 6.78. The van der Waals surface area contributed by atoms with E-state index in [1.165, 1.54) is 0 Å². The second kappa shape index (κ2) is 9.98. The molecule has 0 amide bonds. The van der Waals surface area contributed by atoms with Gasteiger partial charge in [-0.3, -0.25) is 4.79 Å². The summed E-state index contributed by atoms with van der Waals surface area (Å²) in [7, 11) is 0. The van der Waals surface area contributed by atoms with Crippen molar-refractivity contribution in [1.82, 2.24) is 0 Å². The third-order valence-electron chi connectivity index (χ3n) is 6.78. The van der Waals surface area contributed by atoms with Gasteiger partial charge in [-0.05, 0) is 51.8 Å². The maximum atomic E-state index is 13.1. The van der Waals surface area contributed by atoms with Gasteiger partial charge in [0.05, 0.1) is 11.0 Å². The van der Waals surface area contributed by atoms with Gasteiger partial charge in [0.1, 0.15) is 19.3 Å². The average molecular weight is 479 g/mol. The van der Waals surface area contributed by atoms with E-state index in [0.717, 1.165) is 21.5 Å². The van der Waals surface area contributed by atoms with Gasteiger partial charge in [-0.25, -0.2) is 4.79 Å². The van der Waals surface area contributed by atoms with Crippen LogP contribution in [0.3, 0.4) is 0 Å². The predicted molar refractivity (Wildman–Crippen MR) is 140 cm³/mol. The molecule has 35 heavy (non-hydrogen) atoms. The van der Waals surface area contributed by atoms with E-state index in [0.29, 0.717) is 12.0 Å². The van der Waals surface area contributed by atoms with Crippen molar-refractivity contribution >= 4 is 33.5 Å². The third kappa shape index (κ3) is 6.02. The number of hydrogen-bond acceptors (Lipinski definition) is 5. The molecule has 3 aromatic rings. The zero-order valence-electron chi connectivity index (χ0n) is 22.0. The van der Waals surface area contributed by atoms with Crippen LogP contribution in [0, 0.1) is 16.2 Å². The number of esters is 2. The lowest BCUT2D eigenvalue weighted by Gasteiger charge is -2.43. The summed E-state index contributed by atoms with van der Waals surface area (Å²) in [6.07, 6.45) is -0.482. The number of hydrogen-bond donors (Lipinski definition) is 1. The summed E-state index contributed by atoms with van der Waals surface area (Å²) in [4.78, 5) is 26.2. The van der Waals surface area contributed by atoms with Crippen LogP contribution in [0.25, 0.3) is 21.5 Å². The first kappa shape index (κ1) is 26.7. The first-order valence-corrected chi connectivity index (χ1v) is 12.2. The van der Waals surface area contributed by atoms with Crippen LogP contribution >= 0.6 is 0 Å². The highest BCUT2D eigenvalue weighted by atomic mass is 16.6. The van der Waals surface area contributed by atoms with Crippen molar-refractivity contribution in [2.24, 2.45) is 16.2 Å². The molecule has 0 saturated heterocycles. The van der Waals surface area contributed by atoms with E-state index in [4.69, 9.17) is 9.47 Å². The Morgan fingerprint density at radius 1 is 0.800 bits per heavy atom. The van der Waals surface area contributed by atoms with Crippen molar-refractivity contribution < 1.29 is 24.2 Å². The molecule has 5 heteroatoms. The van der Waals surface area contributed by atoms with Crippen molar-refractivity contribution in [2.75, 3.05) is 13.2 Å². The first-order chi connectivity index (χ1) is 16.2. The van der Waals surface area contributed by atoms with Gasteiger partial charge in [0, 0.05) is 0 Å². The number of benzene rings is 3. The van der Waals surface area contributed by atoms with Crippen molar-refractivity contribution in [3.63, 3.8) is 0 Å². The van der Waals surface area contributed by atoms with Crippen LogP contribution in [0.4, 0.5) is 0 Å². The largest absolute Gasteiger partial charge is 0.462 e. The summed E-state index contributed by atoms with van der Waals surface area (Å²) >= 11 is 0. The van der Waals surface area contributed by atoms with Gasteiger partial charge in [0.25, 0.3) is 0 Å². The minimum absolute atomic E-state index is 0.0730. The van der Waals surface area contributed by atoms with Gasteiger partial charge >= 0.3 is 11.9 Å². The lowest BCUT2D eigenvalue weighted by atomic mass is 9.61. The highest BCUT2D eigenvalue weighted by Crippen LogP contribution is 2.47. The van der Waals surface area contributed by atoms with Crippen LogP contribution in [-0.4, -0.2) is 36.4 Å². The Kier molecular flexibility index (Phi) is 7.61. The molecule has 0 bridgehead atoms. The Labute approximate surface area is 208 Å². The molecule has 0 spiro atoms. The normalized spacial score (nSPS) is 15.0. The summed E-state index contributed by atoms with van der Waals surface area (Å²) in [5.74, 6) is -0.874. The molecule has 0 radical (unpaired) electrons.